The molecule has 0 aliphatic heterocycles. The number of sulfone groups is 1. The topological polar surface area (TPSA) is 108 Å². The predicted molar refractivity (Wildman–Crippen MR) is 126 cm³/mol. The molecule has 0 saturated carbocycles. The van der Waals surface area contributed by atoms with Crippen LogP contribution in [0.2, 0.25) is 0 Å². The smallest absolute Gasteiger partial charge is 0.305 e. The zero-order valence-corrected chi connectivity index (χ0v) is 19.3. The first-order chi connectivity index (χ1) is 14.9. The summed E-state index contributed by atoms with van der Waals surface area (Å²) < 4.78 is 30.4. The molecule has 0 fully saturated rings. The quantitative estimate of drug-likeness (QED) is 0.311. The van der Waals surface area contributed by atoms with Crippen molar-refractivity contribution in [2.75, 3.05) is 25.4 Å². The van der Waals surface area contributed by atoms with Crippen LogP contribution in [0.3, 0.4) is 0 Å². The first-order valence-electron chi connectivity index (χ1n) is 10.3. The number of phenolic OH excluding ortho intramolecular Hbond substituents is 1. The molecule has 1 atom stereocenters. The molecule has 9 heteroatoms. The van der Waals surface area contributed by atoms with E-state index in [2.05, 4.69) is 34.6 Å². The lowest BCUT2D eigenvalue weighted by molar-refractivity contribution is 0.115. The van der Waals surface area contributed by atoms with Crippen molar-refractivity contribution in [3.05, 3.63) is 51.6 Å². The minimum absolute atomic E-state index is 0.0218. The maximum atomic E-state index is 12.2. The highest BCUT2D eigenvalue weighted by atomic mass is 32.2. The van der Waals surface area contributed by atoms with Gasteiger partial charge in [-0.25, -0.2) is 8.42 Å². The van der Waals surface area contributed by atoms with Crippen LogP contribution >= 0.6 is 11.3 Å². The van der Waals surface area contributed by atoms with Gasteiger partial charge in [-0.1, -0.05) is 42.5 Å². The third-order valence-electron chi connectivity index (χ3n) is 4.97. The molecule has 1 aromatic carbocycles. The van der Waals surface area contributed by atoms with Gasteiger partial charge in [0.15, 0.2) is 15.3 Å². The number of hydrogen-bond donors (Lipinski definition) is 3. The van der Waals surface area contributed by atoms with Crippen molar-refractivity contribution in [2.24, 2.45) is 0 Å². The Morgan fingerprint density at radius 1 is 1.16 bits per heavy atom. The molecule has 7 nitrogen and oxygen atoms in total. The third kappa shape index (κ3) is 6.16. The third-order valence-corrected chi connectivity index (χ3v) is 7.97. The van der Waals surface area contributed by atoms with E-state index in [1.165, 1.54) is 11.1 Å². The number of aromatic hydroxyl groups is 1. The molecule has 0 radical (unpaired) electrons. The Morgan fingerprint density at radius 2 is 1.90 bits per heavy atom. The minimum Gasteiger partial charge on any atom is -0.506 e. The average molecular weight is 465 g/mol. The van der Waals surface area contributed by atoms with Gasteiger partial charge in [-0.15, -0.1) is 0 Å². The van der Waals surface area contributed by atoms with Gasteiger partial charge in [0.05, 0.1) is 10.5 Å². The molecule has 1 aromatic heterocycles. The lowest BCUT2D eigenvalue weighted by Crippen LogP contribution is -2.32. The van der Waals surface area contributed by atoms with Crippen molar-refractivity contribution >= 4 is 31.4 Å². The van der Waals surface area contributed by atoms with Crippen LogP contribution in [-0.2, 0) is 21.0 Å². The number of fused-ring (bicyclic) bond motifs is 2. The Bertz CT molecular complexity index is 1170. The maximum absolute atomic E-state index is 12.2. The summed E-state index contributed by atoms with van der Waals surface area (Å²) in [6.45, 7) is 4.87. The Kier molecular flexibility index (Phi) is 7.88. The number of nitrogens with one attached hydrogen (secondary N) is 2. The van der Waals surface area contributed by atoms with Gasteiger partial charge in [-0.2, -0.15) is 0 Å². The van der Waals surface area contributed by atoms with Crippen molar-refractivity contribution in [1.29, 1.82) is 0 Å². The molecule has 0 bridgehead atoms. The molecule has 2 aliphatic rings. The van der Waals surface area contributed by atoms with Crippen LogP contribution in [0.1, 0.15) is 25.8 Å². The highest BCUT2D eigenvalue weighted by molar-refractivity contribution is 7.91. The zero-order chi connectivity index (χ0) is 22.4. The monoisotopic (exact) mass is 464 g/mol. The second-order valence-corrected chi connectivity index (χ2v) is 10.4. The summed E-state index contributed by atoms with van der Waals surface area (Å²) in [6.07, 6.45) is 1.07. The number of phenols is 1. The molecule has 3 N–H and O–H groups in total. The predicted octanol–water partition coefficient (Wildman–Crippen LogP) is 3.28. The van der Waals surface area contributed by atoms with Crippen molar-refractivity contribution < 1.29 is 18.3 Å². The fourth-order valence-electron chi connectivity index (χ4n) is 3.30. The van der Waals surface area contributed by atoms with E-state index in [-0.39, 0.29) is 16.4 Å². The Labute approximate surface area is 186 Å². The van der Waals surface area contributed by atoms with Gasteiger partial charge in [0.1, 0.15) is 11.3 Å². The molecule has 2 aromatic rings. The molecule has 31 heavy (non-hydrogen) atoms. The summed E-state index contributed by atoms with van der Waals surface area (Å²) in [5.74, 6) is 0.0752. The number of hydrogen-bond acceptors (Lipinski definition) is 7. The van der Waals surface area contributed by atoms with E-state index in [1.54, 1.807) is 26.0 Å². The fourth-order valence-corrected chi connectivity index (χ4v) is 5.74. The number of rotatable bonds is 10. The second-order valence-electron chi connectivity index (χ2n) is 7.20. The lowest BCUT2D eigenvalue weighted by Gasteiger charge is -2.16. The van der Waals surface area contributed by atoms with E-state index in [9.17, 15) is 18.3 Å². The van der Waals surface area contributed by atoms with Crippen molar-refractivity contribution in [1.82, 2.24) is 10.3 Å². The van der Waals surface area contributed by atoms with Gasteiger partial charge in [-0.3, -0.25) is 4.79 Å². The molecule has 168 valence electrons. The highest BCUT2D eigenvalue weighted by Gasteiger charge is 2.23. The van der Waals surface area contributed by atoms with Crippen LogP contribution in [0.4, 0.5) is 0 Å². The van der Waals surface area contributed by atoms with Gasteiger partial charge in [0.2, 0.25) is 0 Å². The van der Waals surface area contributed by atoms with Gasteiger partial charge in [0, 0.05) is 13.2 Å². The largest absolute Gasteiger partial charge is 0.506 e. The Hall–Kier alpha value is -2.20. The van der Waals surface area contributed by atoms with E-state index < -0.39 is 15.3 Å². The summed E-state index contributed by atoms with van der Waals surface area (Å²) in [5.41, 5.74) is 3.50. The van der Waals surface area contributed by atoms with Crippen molar-refractivity contribution in [2.45, 2.75) is 32.1 Å². The molecule has 2 aliphatic carbocycles. The molecule has 1 heterocycles. The summed E-state index contributed by atoms with van der Waals surface area (Å²) in [4.78, 5) is 13.9. The normalized spacial score (nSPS) is 13.0. The van der Waals surface area contributed by atoms with Crippen LogP contribution in [0, 0.1) is 0 Å². The van der Waals surface area contributed by atoms with Crippen LogP contribution in [-0.4, -0.2) is 49.4 Å². The fraction of sp³-hybridized carbons (Fsp3) is 0.409. The summed E-state index contributed by atoms with van der Waals surface area (Å²) in [7, 11) is -3.28. The number of ether oxygens (including phenoxy) is 1. The SMILES string of the molecule is CCOC(CC)S(=O)(=O)CCNCCc1ccc(O)c2[nH]c(=O)sc12.c1cc2cc-2c1. The number of thiazole rings is 1. The summed E-state index contributed by atoms with van der Waals surface area (Å²) >= 11 is 1.06. The van der Waals surface area contributed by atoms with Crippen molar-refractivity contribution in [3.8, 4) is 16.9 Å². The van der Waals surface area contributed by atoms with E-state index in [0.717, 1.165) is 21.6 Å². The molecule has 0 spiro atoms. The summed E-state index contributed by atoms with van der Waals surface area (Å²) in [6, 6.07) is 11.8. The number of aromatic amines is 1. The summed E-state index contributed by atoms with van der Waals surface area (Å²) in [5, 5.41) is 12.9. The minimum atomic E-state index is -3.28. The first-order valence-corrected chi connectivity index (χ1v) is 12.9. The zero-order valence-electron chi connectivity index (χ0n) is 17.7. The standard InChI is InChI=1S/C16H24N2O5S2.C6H4/c1-3-13(23-4-2)25(21,22)10-9-17-8-7-11-5-6-12(19)14-15(11)24-16(20)18-14;1-2-5-4-6(5)3-1/h5-6,13,17,19H,3-4,7-10H2,1-2H3,(H,18,20);1-4H. The number of aromatic nitrogens is 1. The average Bonchev–Trinajstić information content (AvgIpc) is 3.13. The van der Waals surface area contributed by atoms with Crippen molar-refractivity contribution in [3.63, 3.8) is 0 Å². The number of H-pyrrole nitrogens is 1. The second kappa shape index (κ2) is 10.4. The molecular weight excluding hydrogens is 436 g/mol. The van der Waals surface area contributed by atoms with E-state index in [1.807, 2.05) is 0 Å². The van der Waals surface area contributed by atoms with Gasteiger partial charge < -0.3 is 20.1 Å². The first kappa shape index (κ1) is 23.5. The molecule has 4 rings (SSSR count). The Morgan fingerprint density at radius 3 is 2.48 bits per heavy atom. The van der Waals surface area contributed by atoms with E-state index >= 15 is 0 Å². The Balaban J connectivity index is 0.000000381. The van der Waals surface area contributed by atoms with Crippen LogP contribution in [0.15, 0.2) is 41.2 Å². The van der Waals surface area contributed by atoms with Gasteiger partial charge >= 0.3 is 4.87 Å². The van der Waals surface area contributed by atoms with Crippen LogP contribution in [0.25, 0.3) is 21.3 Å². The van der Waals surface area contributed by atoms with Crippen LogP contribution in [0.5, 0.6) is 5.75 Å². The lowest BCUT2D eigenvalue weighted by atomic mass is 10.1. The highest BCUT2D eigenvalue weighted by Crippen LogP contribution is 2.32. The van der Waals surface area contributed by atoms with Gasteiger partial charge in [0.25, 0.3) is 0 Å². The maximum Gasteiger partial charge on any atom is 0.305 e. The molecular formula is C22H28N2O5S2. The molecule has 0 saturated heterocycles. The molecule has 1 unspecified atom stereocenters. The van der Waals surface area contributed by atoms with E-state index in [0.29, 0.717) is 38.1 Å². The number of benzene rings is 2. The molecule has 0 amide bonds. The van der Waals surface area contributed by atoms with Crippen LogP contribution < -0.4 is 10.2 Å². The van der Waals surface area contributed by atoms with E-state index in [4.69, 9.17) is 4.74 Å². The van der Waals surface area contributed by atoms with Gasteiger partial charge in [-0.05, 0) is 55.1 Å².